The molecule has 33 heavy (non-hydrogen) atoms. The van der Waals surface area contributed by atoms with Crippen molar-refractivity contribution in [3.05, 3.63) is 11.6 Å². The van der Waals surface area contributed by atoms with Gasteiger partial charge in [-0.2, -0.15) is 0 Å². The fraction of sp³-hybridized carbons (Fsp3) is 0.720. The number of ketones is 3. The second-order valence-corrected chi connectivity index (χ2v) is 10.8. The van der Waals surface area contributed by atoms with Crippen LogP contribution >= 0.6 is 0 Å². The Balaban J connectivity index is 1.53. The Labute approximate surface area is 192 Å². The average Bonchev–Trinajstić information content (AvgIpc) is 3.02. The SMILES string of the molecule is C[C@]12CCC(=O)C=C1CC[C@@H]1[C@@H]2C(=O)C[C@]2(C)[C@H]1CC[C@@]2(O)C(=O)COC(=O)CCC(=O)O. The predicted octanol–water partition coefficient (Wildman–Crippen LogP) is 2.41. The molecule has 0 amide bonds. The van der Waals surface area contributed by atoms with Gasteiger partial charge < -0.3 is 14.9 Å². The Morgan fingerprint density at radius 1 is 1.09 bits per heavy atom. The van der Waals surface area contributed by atoms with Crippen LogP contribution in [-0.4, -0.2) is 51.7 Å². The standard InChI is InChI=1S/C25H32O8/c1-23-9-7-15(26)11-14(23)3-4-16-17-8-10-25(32,24(17,2)12-18(27)22(16)23)19(28)13-33-21(31)6-5-20(29)30/h11,16-17,22,32H,3-10,12-13H2,1-2H3,(H,29,30)/t16-,17-,22+,23-,24+,25+/m0/s1. The van der Waals surface area contributed by atoms with E-state index in [4.69, 9.17) is 9.84 Å². The minimum Gasteiger partial charge on any atom is -0.481 e. The molecule has 0 aromatic carbocycles. The van der Waals surface area contributed by atoms with Gasteiger partial charge >= 0.3 is 11.9 Å². The second-order valence-electron chi connectivity index (χ2n) is 10.8. The molecule has 0 bridgehead atoms. The van der Waals surface area contributed by atoms with Crippen LogP contribution in [0.5, 0.6) is 0 Å². The summed E-state index contributed by atoms with van der Waals surface area (Å²) in [6.45, 7) is 3.26. The van der Waals surface area contributed by atoms with Crippen LogP contribution in [0.3, 0.4) is 0 Å². The number of Topliss-reactive ketones (excluding diaryl/α,β-unsaturated/α-hetero) is 2. The summed E-state index contributed by atoms with van der Waals surface area (Å²) in [7, 11) is 0. The lowest BCUT2D eigenvalue weighted by Gasteiger charge is -2.57. The molecule has 6 atom stereocenters. The van der Waals surface area contributed by atoms with Crippen LogP contribution in [0, 0.1) is 28.6 Å². The van der Waals surface area contributed by atoms with Gasteiger partial charge in [0.2, 0.25) is 5.78 Å². The van der Waals surface area contributed by atoms with E-state index in [2.05, 4.69) is 6.92 Å². The lowest BCUT2D eigenvalue weighted by molar-refractivity contribution is -0.174. The summed E-state index contributed by atoms with van der Waals surface area (Å²) in [5, 5.41) is 20.2. The van der Waals surface area contributed by atoms with Crippen molar-refractivity contribution in [3.8, 4) is 0 Å². The first-order chi connectivity index (χ1) is 15.4. The fourth-order valence-corrected chi connectivity index (χ4v) is 7.39. The van der Waals surface area contributed by atoms with Gasteiger partial charge in [0.05, 0.1) is 12.8 Å². The lowest BCUT2D eigenvalue weighted by atomic mass is 9.46. The maximum atomic E-state index is 13.6. The molecular formula is C25H32O8. The number of ether oxygens (including phenoxy) is 1. The molecule has 0 heterocycles. The van der Waals surface area contributed by atoms with E-state index in [1.807, 2.05) is 0 Å². The van der Waals surface area contributed by atoms with Crippen molar-refractivity contribution < 1.29 is 38.9 Å². The lowest BCUT2D eigenvalue weighted by Crippen LogP contribution is -2.61. The molecule has 0 aliphatic heterocycles. The third-order valence-electron chi connectivity index (χ3n) is 9.18. The highest BCUT2D eigenvalue weighted by Crippen LogP contribution is 2.66. The Morgan fingerprint density at radius 2 is 1.82 bits per heavy atom. The highest BCUT2D eigenvalue weighted by Gasteiger charge is 2.68. The van der Waals surface area contributed by atoms with Gasteiger partial charge in [-0.25, -0.2) is 0 Å². The number of aliphatic carboxylic acids is 1. The van der Waals surface area contributed by atoms with Crippen molar-refractivity contribution in [1.29, 1.82) is 0 Å². The summed E-state index contributed by atoms with van der Waals surface area (Å²) in [5.74, 6) is -2.62. The summed E-state index contributed by atoms with van der Waals surface area (Å²) in [4.78, 5) is 61.0. The maximum absolute atomic E-state index is 13.6. The largest absolute Gasteiger partial charge is 0.481 e. The van der Waals surface area contributed by atoms with Gasteiger partial charge in [-0.15, -0.1) is 0 Å². The van der Waals surface area contributed by atoms with E-state index < -0.39 is 41.8 Å². The molecule has 2 N–H and O–H groups in total. The molecule has 4 aliphatic carbocycles. The third-order valence-corrected chi connectivity index (χ3v) is 9.18. The number of carboxylic acid groups (broad SMARTS) is 1. The number of rotatable bonds is 6. The van der Waals surface area contributed by atoms with Crippen LogP contribution < -0.4 is 0 Å². The molecule has 0 spiro atoms. The van der Waals surface area contributed by atoms with Crippen molar-refractivity contribution in [3.63, 3.8) is 0 Å². The van der Waals surface area contributed by atoms with Crippen molar-refractivity contribution in [2.24, 2.45) is 28.6 Å². The molecule has 8 nitrogen and oxygen atoms in total. The number of aliphatic hydroxyl groups is 1. The van der Waals surface area contributed by atoms with Crippen LogP contribution in [0.1, 0.15) is 71.6 Å². The van der Waals surface area contributed by atoms with E-state index >= 15 is 0 Å². The van der Waals surface area contributed by atoms with E-state index in [1.54, 1.807) is 13.0 Å². The van der Waals surface area contributed by atoms with Crippen molar-refractivity contribution >= 4 is 29.3 Å². The molecule has 3 saturated carbocycles. The molecule has 0 radical (unpaired) electrons. The maximum Gasteiger partial charge on any atom is 0.306 e. The summed E-state index contributed by atoms with van der Waals surface area (Å²) in [6, 6.07) is 0. The van der Waals surface area contributed by atoms with E-state index in [0.717, 1.165) is 18.4 Å². The number of esters is 1. The minimum absolute atomic E-state index is 0.0205. The summed E-state index contributed by atoms with van der Waals surface area (Å²) >= 11 is 0. The van der Waals surface area contributed by atoms with Crippen LogP contribution in [0.15, 0.2) is 11.6 Å². The number of carbonyl (C=O) groups excluding carboxylic acids is 4. The van der Waals surface area contributed by atoms with Gasteiger partial charge in [0.1, 0.15) is 11.4 Å². The van der Waals surface area contributed by atoms with E-state index in [0.29, 0.717) is 19.3 Å². The first kappa shape index (κ1) is 23.8. The number of fused-ring (bicyclic) bond motifs is 5. The van der Waals surface area contributed by atoms with E-state index in [9.17, 15) is 29.1 Å². The number of hydrogen-bond donors (Lipinski definition) is 2. The first-order valence-electron chi connectivity index (χ1n) is 11.8. The van der Waals surface area contributed by atoms with Crippen LogP contribution in [0.4, 0.5) is 0 Å². The number of allylic oxidation sites excluding steroid dienone is 1. The molecular weight excluding hydrogens is 428 g/mol. The van der Waals surface area contributed by atoms with Crippen molar-refractivity contribution in [2.45, 2.75) is 77.2 Å². The molecule has 4 rings (SSSR count). The molecule has 3 fully saturated rings. The minimum atomic E-state index is -1.77. The molecule has 0 aromatic rings. The van der Waals surface area contributed by atoms with Gasteiger partial charge in [0.15, 0.2) is 12.4 Å². The van der Waals surface area contributed by atoms with Crippen molar-refractivity contribution in [2.75, 3.05) is 6.61 Å². The number of hydrogen-bond acceptors (Lipinski definition) is 7. The van der Waals surface area contributed by atoms with Gasteiger partial charge in [-0.05, 0) is 55.4 Å². The zero-order valence-corrected chi connectivity index (χ0v) is 19.2. The first-order valence-corrected chi connectivity index (χ1v) is 11.8. The normalized spacial score (nSPS) is 39.7. The highest BCUT2D eigenvalue weighted by molar-refractivity contribution is 5.95. The van der Waals surface area contributed by atoms with Gasteiger partial charge in [-0.3, -0.25) is 24.0 Å². The zero-order chi connectivity index (χ0) is 24.2. The summed E-state index contributed by atoms with van der Waals surface area (Å²) in [6.07, 6.45) is 4.46. The van der Waals surface area contributed by atoms with Gasteiger partial charge in [-0.1, -0.05) is 19.4 Å². The quantitative estimate of drug-likeness (QED) is 0.577. The monoisotopic (exact) mass is 460 g/mol. The molecule has 4 aliphatic rings. The Bertz CT molecular complexity index is 950. The summed E-state index contributed by atoms with van der Waals surface area (Å²) in [5.41, 5.74) is -2.00. The Kier molecular flexibility index (Phi) is 5.88. The number of carbonyl (C=O) groups is 5. The van der Waals surface area contributed by atoms with Crippen molar-refractivity contribution in [1.82, 2.24) is 0 Å². The second kappa shape index (κ2) is 8.15. The fourth-order valence-electron chi connectivity index (χ4n) is 7.39. The molecule has 8 heteroatoms. The summed E-state index contributed by atoms with van der Waals surface area (Å²) < 4.78 is 4.95. The van der Waals surface area contributed by atoms with Crippen LogP contribution in [-0.2, 0) is 28.7 Å². The Hall–Kier alpha value is -2.35. The smallest absolute Gasteiger partial charge is 0.306 e. The average molecular weight is 461 g/mol. The molecule has 0 unspecified atom stereocenters. The third kappa shape index (κ3) is 3.66. The predicted molar refractivity (Wildman–Crippen MR) is 115 cm³/mol. The van der Waals surface area contributed by atoms with Gasteiger partial charge in [0.25, 0.3) is 0 Å². The van der Waals surface area contributed by atoms with E-state index in [-0.39, 0.29) is 54.0 Å². The molecule has 0 saturated heterocycles. The molecule has 180 valence electrons. The van der Waals surface area contributed by atoms with Crippen LogP contribution in [0.2, 0.25) is 0 Å². The highest BCUT2D eigenvalue weighted by atomic mass is 16.5. The molecule has 0 aromatic heterocycles. The van der Waals surface area contributed by atoms with Gasteiger partial charge in [0, 0.05) is 24.2 Å². The van der Waals surface area contributed by atoms with Crippen LogP contribution in [0.25, 0.3) is 0 Å². The zero-order valence-electron chi connectivity index (χ0n) is 19.2. The van der Waals surface area contributed by atoms with E-state index in [1.165, 1.54) is 0 Å². The number of carboxylic acids is 1. The topological polar surface area (TPSA) is 135 Å². The Morgan fingerprint density at radius 3 is 2.52 bits per heavy atom.